The molecule has 0 aliphatic rings. The average molecular weight is 305 g/mol. The van der Waals surface area contributed by atoms with Crippen LogP contribution >= 0.6 is 15.9 Å². The number of phenols is 1. The number of hydrogen-bond donors (Lipinski definition) is 2. The van der Waals surface area contributed by atoms with Crippen LogP contribution in [-0.2, 0) is 16.0 Å². The number of benzene rings is 1. The predicted octanol–water partition coefficient (Wildman–Crippen LogP) is 1.24. The molecule has 94 valence electrons. The summed E-state index contributed by atoms with van der Waals surface area (Å²) >= 11 is 3.15. The Labute approximate surface area is 107 Å². The Kier molecular flexibility index (Phi) is 4.77. The maximum atomic E-state index is 11.1. The molecule has 2 N–H and O–H groups in total. The third kappa shape index (κ3) is 3.34. The summed E-state index contributed by atoms with van der Waals surface area (Å²) in [6, 6.07) is 3.15. The molecule has 1 rings (SSSR count). The Balaban J connectivity index is 2.92. The number of methoxy groups -OCH3 is 2. The van der Waals surface area contributed by atoms with E-state index in [2.05, 4.69) is 20.7 Å². The molecule has 0 aromatic heterocycles. The van der Waals surface area contributed by atoms with Crippen molar-refractivity contribution in [1.29, 1.82) is 0 Å². The Morgan fingerprint density at radius 2 is 2.12 bits per heavy atom. The van der Waals surface area contributed by atoms with E-state index in [9.17, 15) is 15.0 Å². The quantitative estimate of drug-likeness (QED) is 0.819. The van der Waals surface area contributed by atoms with E-state index in [1.54, 1.807) is 12.1 Å². The number of halogens is 1. The SMILES string of the molecule is COC(=O)C(O)Cc1cc(Br)c(O)c(OC)c1. The minimum Gasteiger partial charge on any atom is -0.503 e. The van der Waals surface area contributed by atoms with Crippen LogP contribution in [0.2, 0.25) is 0 Å². The van der Waals surface area contributed by atoms with Crippen molar-refractivity contribution < 1.29 is 24.5 Å². The van der Waals surface area contributed by atoms with Crippen molar-refractivity contribution in [2.75, 3.05) is 14.2 Å². The van der Waals surface area contributed by atoms with Gasteiger partial charge in [0.2, 0.25) is 0 Å². The van der Waals surface area contributed by atoms with Crippen LogP contribution in [0.25, 0.3) is 0 Å². The zero-order chi connectivity index (χ0) is 13.0. The fraction of sp³-hybridized carbons (Fsp3) is 0.364. The van der Waals surface area contributed by atoms with Gasteiger partial charge in [0.1, 0.15) is 0 Å². The second kappa shape index (κ2) is 5.88. The molecule has 0 radical (unpaired) electrons. The molecule has 0 fully saturated rings. The first-order valence-corrected chi connectivity index (χ1v) is 5.60. The Hall–Kier alpha value is -1.27. The van der Waals surface area contributed by atoms with E-state index >= 15 is 0 Å². The van der Waals surface area contributed by atoms with E-state index in [0.29, 0.717) is 10.0 Å². The number of carbonyl (C=O) groups excluding carboxylic acids is 1. The minimum absolute atomic E-state index is 0.0243. The Bertz CT molecular complexity index is 419. The molecule has 0 saturated heterocycles. The van der Waals surface area contributed by atoms with Gasteiger partial charge in [0.25, 0.3) is 0 Å². The number of carbonyl (C=O) groups is 1. The normalized spacial score (nSPS) is 12.0. The molecule has 5 nitrogen and oxygen atoms in total. The fourth-order valence-corrected chi connectivity index (χ4v) is 1.83. The summed E-state index contributed by atoms with van der Waals surface area (Å²) in [5, 5.41) is 19.1. The molecular weight excluding hydrogens is 292 g/mol. The lowest BCUT2D eigenvalue weighted by atomic mass is 10.1. The maximum Gasteiger partial charge on any atom is 0.335 e. The summed E-state index contributed by atoms with van der Waals surface area (Å²) in [7, 11) is 2.63. The van der Waals surface area contributed by atoms with Gasteiger partial charge in [-0.25, -0.2) is 4.79 Å². The topological polar surface area (TPSA) is 76.0 Å². The molecule has 17 heavy (non-hydrogen) atoms. The summed E-state index contributed by atoms with van der Waals surface area (Å²) in [5.74, 6) is -0.455. The van der Waals surface area contributed by atoms with Gasteiger partial charge in [-0.1, -0.05) is 0 Å². The lowest BCUT2D eigenvalue weighted by Crippen LogP contribution is -2.24. The van der Waals surface area contributed by atoms with E-state index in [-0.39, 0.29) is 17.9 Å². The van der Waals surface area contributed by atoms with Crippen LogP contribution < -0.4 is 4.74 Å². The van der Waals surface area contributed by atoms with Crippen LogP contribution in [0.1, 0.15) is 5.56 Å². The standard InChI is InChI=1S/C11H13BrO5/c1-16-9-5-6(3-7(12)10(9)14)4-8(13)11(15)17-2/h3,5,8,13-14H,4H2,1-2H3. The molecule has 1 unspecified atom stereocenters. The first-order valence-electron chi connectivity index (χ1n) is 4.80. The highest BCUT2D eigenvalue weighted by atomic mass is 79.9. The average Bonchev–Trinajstić information content (AvgIpc) is 2.32. The molecule has 1 aromatic carbocycles. The van der Waals surface area contributed by atoms with Crippen LogP contribution in [0.15, 0.2) is 16.6 Å². The number of aliphatic hydroxyl groups excluding tert-OH is 1. The van der Waals surface area contributed by atoms with E-state index in [1.165, 1.54) is 14.2 Å². The van der Waals surface area contributed by atoms with Crippen LogP contribution in [0, 0.1) is 0 Å². The number of ether oxygens (including phenoxy) is 2. The van der Waals surface area contributed by atoms with Crippen molar-refractivity contribution in [1.82, 2.24) is 0 Å². The van der Waals surface area contributed by atoms with Gasteiger partial charge >= 0.3 is 5.97 Å². The highest BCUT2D eigenvalue weighted by Gasteiger charge is 2.17. The first-order chi connectivity index (χ1) is 7.99. The molecule has 6 heteroatoms. The van der Waals surface area contributed by atoms with Crippen molar-refractivity contribution in [2.24, 2.45) is 0 Å². The Morgan fingerprint density at radius 1 is 1.47 bits per heavy atom. The lowest BCUT2D eigenvalue weighted by Gasteiger charge is -2.11. The zero-order valence-electron chi connectivity index (χ0n) is 9.44. The first kappa shape index (κ1) is 13.8. The summed E-state index contributed by atoms with van der Waals surface area (Å²) in [6.07, 6.45) is -1.15. The number of esters is 1. The van der Waals surface area contributed by atoms with Gasteiger partial charge in [0.15, 0.2) is 17.6 Å². The van der Waals surface area contributed by atoms with Gasteiger partial charge in [0.05, 0.1) is 18.7 Å². The third-order valence-corrected chi connectivity index (χ3v) is 2.81. The predicted molar refractivity (Wildman–Crippen MR) is 64.1 cm³/mol. The zero-order valence-corrected chi connectivity index (χ0v) is 11.0. The molecule has 0 aliphatic carbocycles. The van der Waals surface area contributed by atoms with E-state index < -0.39 is 12.1 Å². The van der Waals surface area contributed by atoms with Crippen molar-refractivity contribution in [3.8, 4) is 11.5 Å². The van der Waals surface area contributed by atoms with E-state index in [4.69, 9.17) is 4.74 Å². The number of phenolic OH excluding ortho intramolecular Hbond substituents is 1. The summed E-state index contributed by atoms with van der Waals surface area (Å²) in [6.45, 7) is 0. The number of rotatable bonds is 4. The minimum atomic E-state index is -1.24. The van der Waals surface area contributed by atoms with Gasteiger partial charge in [0, 0.05) is 6.42 Å². The lowest BCUT2D eigenvalue weighted by molar-refractivity contribution is -0.150. The van der Waals surface area contributed by atoms with Crippen LogP contribution in [0.3, 0.4) is 0 Å². The molecule has 0 spiro atoms. The number of hydrogen-bond acceptors (Lipinski definition) is 5. The molecule has 1 atom stereocenters. The summed E-state index contributed by atoms with van der Waals surface area (Å²) in [4.78, 5) is 11.1. The van der Waals surface area contributed by atoms with Crippen molar-refractivity contribution in [3.63, 3.8) is 0 Å². The van der Waals surface area contributed by atoms with Gasteiger partial charge in [-0.2, -0.15) is 0 Å². The van der Waals surface area contributed by atoms with Crippen LogP contribution in [-0.4, -0.2) is 36.5 Å². The van der Waals surface area contributed by atoms with Gasteiger partial charge in [-0.3, -0.25) is 0 Å². The molecule has 0 heterocycles. The molecule has 0 aliphatic heterocycles. The molecular formula is C11H13BrO5. The van der Waals surface area contributed by atoms with E-state index in [0.717, 1.165) is 0 Å². The van der Waals surface area contributed by atoms with Crippen LogP contribution in [0.5, 0.6) is 11.5 Å². The highest BCUT2D eigenvalue weighted by molar-refractivity contribution is 9.10. The highest BCUT2D eigenvalue weighted by Crippen LogP contribution is 2.35. The fourth-order valence-electron chi connectivity index (χ4n) is 1.34. The molecule has 0 saturated carbocycles. The van der Waals surface area contributed by atoms with Gasteiger partial charge in [-0.15, -0.1) is 0 Å². The van der Waals surface area contributed by atoms with E-state index in [1.807, 2.05) is 0 Å². The maximum absolute atomic E-state index is 11.1. The summed E-state index contributed by atoms with van der Waals surface area (Å²) < 4.78 is 9.80. The number of aliphatic hydroxyl groups is 1. The second-order valence-electron chi connectivity index (χ2n) is 3.37. The molecule has 0 amide bonds. The van der Waals surface area contributed by atoms with Crippen LogP contribution in [0.4, 0.5) is 0 Å². The van der Waals surface area contributed by atoms with Crippen molar-refractivity contribution in [2.45, 2.75) is 12.5 Å². The third-order valence-electron chi connectivity index (χ3n) is 2.21. The van der Waals surface area contributed by atoms with Crippen molar-refractivity contribution in [3.05, 3.63) is 22.2 Å². The Morgan fingerprint density at radius 3 is 2.65 bits per heavy atom. The van der Waals surface area contributed by atoms with Gasteiger partial charge < -0.3 is 19.7 Å². The number of aromatic hydroxyl groups is 1. The second-order valence-corrected chi connectivity index (χ2v) is 4.23. The monoisotopic (exact) mass is 304 g/mol. The van der Waals surface area contributed by atoms with Gasteiger partial charge in [-0.05, 0) is 33.6 Å². The smallest absolute Gasteiger partial charge is 0.335 e. The molecule has 1 aromatic rings. The van der Waals surface area contributed by atoms with Crippen molar-refractivity contribution >= 4 is 21.9 Å². The summed E-state index contributed by atoms with van der Waals surface area (Å²) in [5.41, 5.74) is 0.643. The largest absolute Gasteiger partial charge is 0.503 e. The molecule has 0 bridgehead atoms.